The second-order valence-electron chi connectivity index (χ2n) is 14.8. The normalized spacial score (nSPS) is 12.5. The lowest BCUT2D eigenvalue weighted by atomic mass is 10.0. The summed E-state index contributed by atoms with van der Waals surface area (Å²) in [5.74, 6) is -2.33. The minimum atomic E-state index is -1.26. The van der Waals surface area contributed by atoms with Gasteiger partial charge in [-0.1, -0.05) is 200 Å². The Labute approximate surface area is 302 Å². The van der Waals surface area contributed by atoms with Gasteiger partial charge >= 0.3 is 18.0 Å². The first-order valence-electron chi connectivity index (χ1n) is 21.3. The van der Waals surface area contributed by atoms with Crippen LogP contribution in [0.15, 0.2) is 0 Å². The number of unbranched alkanes of at least 4 members (excludes halogenated alkanes) is 29. The highest BCUT2D eigenvalue weighted by Gasteiger charge is 2.23. The Morgan fingerprint density at radius 1 is 0.449 bits per heavy atom. The molecule has 49 heavy (non-hydrogen) atoms. The average Bonchev–Trinajstić information content (AvgIpc) is 3.07. The molecule has 290 valence electrons. The Morgan fingerprint density at radius 3 is 1.00 bits per heavy atom. The summed E-state index contributed by atoms with van der Waals surface area (Å²) in [6.07, 6.45) is 40.7. The number of carbonyl (C=O) groups is 3. The minimum absolute atomic E-state index is 0.164. The number of carboxylic acids is 2. The van der Waals surface area contributed by atoms with Crippen molar-refractivity contribution < 1.29 is 29.3 Å². The summed E-state index contributed by atoms with van der Waals surface area (Å²) < 4.78 is 5.72. The van der Waals surface area contributed by atoms with Crippen LogP contribution in [0.2, 0.25) is 0 Å². The molecule has 0 aromatic rings. The van der Waals surface area contributed by atoms with Crippen molar-refractivity contribution in [3.63, 3.8) is 0 Å². The SMILES string of the molecule is CCCCCCCCCCCCCCCCCCC(CCCCCCCCCCCCCCCCC)OC(=O)N[C@H](CCC(=O)O)C(=O)O. The summed E-state index contributed by atoms with van der Waals surface area (Å²) in [6, 6.07) is -1.26. The van der Waals surface area contributed by atoms with Crippen LogP contribution in [0.1, 0.15) is 239 Å². The number of alkyl carbamates (subject to hydrolysis) is 1. The molecular weight excluding hydrogens is 614 g/mol. The van der Waals surface area contributed by atoms with E-state index in [4.69, 9.17) is 9.84 Å². The van der Waals surface area contributed by atoms with Crippen molar-refractivity contribution >= 4 is 18.0 Å². The number of carboxylic acid groups (broad SMARTS) is 2. The van der Waals surface area contributed by atoms with Crippen LogP contribution in [0.4, 0.5) is 4.79 Å². The Kier molecular flexibility index (Phi) is 36.1. The van der Waals surface area contributed by atoms with Crippen LogP contribution >= 0.6 is 0 Å². The molecule has 0 aromatic heterocycles. The molecule has 0 saturated carbocycles. The number of aliphatic carboxylic acids is 2. The van der Waals surface area contributed by atoms with Gasteiger partial charge in [-0.05, 0) is 32.1 Å². The van der Waals surface area contributed by atoms with Gasteiger partial charge in [0, 0.05) is 6.42 Å². The number of ether oxygens (including phenoxy) is 1. The Bertz CT molecular complexity index is 745. The molecule has 0 heterocycles. The Hall–Kier alpha value is -1.79. The van der Waals surface area contributed by atoms with Crippen LogP contribution < -0.4 is 5.32 Å². The summed E-state index contributed by atoms with van der Waals surface area (Å²) in [6.45, 7) is 4.54. The minimum Gasteiger partial charge on any atom is -0.481 e. The van der Waals surface area contributed by atoms with Crippen LogP contribution in [-0.4, -0.2) is 40.4 Å². The van der Waals surface area contributed by atoms with Crippen molar-refractivity contribution in [3.05, 3.63) is 0 Å². The van der Waals surface area contributed by atoms with Crippen molar-refractivity contribution in [2.45, 2.75) is 251 Å². The van der Waals surface area contributed by atoms with Crippen LogP contribution in [0.3, 0.4) is 0 Å². The zero-order chi connectivity index (χ0) is 36.0. The van der Waals surface area contributed by atoms with E-state index in [-0.39, 0.29) is 18.9 Å². The van der Waals surface area contributed by atoms with Crippen LogP contribution in [0, 0.1) is 0 Å². The van der Waals surface area contributed by atoms with E-state index in [1.807, 2.05) is 0 Å². The topological polar surface area (TPSA) is 113 Å². The quantitative estimate of drug-likeness (QED) is 0.0552. The number of carbonyl (C=O) groups excluding carboxylic acids is 1. The summed E-state index contributed by atoms with van der Waals surface area (Å²) >= 11 is 0. The second kappa shape index (κ2) is 37.5. The third-order valence-electron chi connectivity index (χ3n) is 10.0. The first kappa shape index (κ1) is 47.2. The van der Waals surface area contributed by atoms with E-state index in [0.29, 0.717) is 0 Å². The predicted octanol–water partition coefficient (Wildman–Crippen LogP) is 13.3. The highest BCUT2D eigenvalue weighted by molar-refractivity contribution is 5.80. The fraction of sp³-hybridized carbons (Fsp3) is 0.929. The van der Waals surface area contributed by atoms with E-state index in [0.717, 1.165) is 38.5 Å². The lowest BCUT2D eigenvalue weighted by Crippen LogP contribution is -2.42. The molecule has 0 spiro atoms. The van der Waals surface area contributed by atoms with Gasteiger partial charge < -0.3 is 20.3 Å². The van der Waals surface area contributed by atoms with Gasteiger partial charge in [0.05, 0.1) is 0 Å². The maximum absolute atomic E-state index is 12.6. The van der Waals surface area contributed by atoms with E-state index in [2.05, 4.69) is 19.2 Å². The molecule has 0 aromatic carbocycles. The Balaban J connectivity index is 4.21. The van der Waals surface area contributed by atoms with Gasteiger partial charge in [-0.2, -0.15) is 0 Å². The fourth-order valence-electron chi connectivity index (χ4n) is 6.78. The molecule has 0 aliphatic rings. The maximum Gasteiger partial charge on any atom is 0.408 e. The van der Waals surface area contributed by atoms with E-state index in [9.17, 15) is 19.5 Å². The van der Waals surface area contributed by atoms with Gasteiger partial charge in [-0.25, -0.2) is 9.59 Å². The lowest BCUT2D eigenvalue weighted by Gasteiger charge is -2.20. The third-order valence-corrected chi connectivity index (χ3v) is 10.0. The van der Waals surface area contributed by atoms with Crippen LogP contribution in [-0.2, 0) is 14.3 Å². The van der Waals surface area contributed by atoms with E-state index in [1.165, 1.54) is 173 Å². The highest BCUT2D eigenvalue weighted by atomic mass is 16.6. The summed E-state index contributed by atoms with van der Waals surface area (Å²) in [4.78, 5) is 35.0. The van der Waals surface area contributed by atoms with E-state index >= 15 is 0 Å². The van der Waals surface area contributed by atoms with Gasteiger partial charge in [0.25, 0.3) is 0 Å². The van der Waals surface area contributed by atoms with Crippen LogP contribution in [0.5, 0.6) is 0 Å². The number of hydrogen-bond donors (Lipinski definition) is 3. The molecule has 0 saturated heterocycles. The van der Waals surface area contributed by atoms with Gasteiger partial charge in [0.2, 0.25) is 0 Å². The maximum atomic E-state index is 12.6. The molecule has 3 N–H and O–H groups in total. The van der Waals surface area contributed by atoms with Crippen molar-refractivity contribution in [2.24, 2.45) is 0 Å². The monoisotopic (exact) mass is 696 g/mol. The standard InChI is InChI=1S/C42H81NO6/c1-3-5-7-9-11-13-15-17-19-21-23-25-27-29-31-33-35-38(49-42(48)43-39(41(46)47)36-37-40(44)45)34-32-30-28-26-24-22-20-18-16-14-12-10-8-6-4-2/h38-39H,3-37H2,1-2H3,(H,43,48)(H,44,45)(H,46,47)/t38?,39-/m1/s1. The van der Waals surface area contributed by atoms with E-state index in [1.54, 1.807) is 0 Å². The van der Waals surface area contributed by atoms with Gasteiger partial charge in [0.1, 0.15) is 12.1 Å². The van der Waals surface area contributed by atoms with E-state index < -0.39 is 24.1 Å². The number of rotatable bonds is 39. The first-order valence-corrected chi connectivity index (χ1v) is 21.3. The molecule has 1 unspecified atom stereocenters. The van der Waals surface area contributed by atoms with Gasteiger partial charge in [-0.3, -0.25) is 4.79 Å². The Morgan fingerprint density at radius 2 is 0.735 bits per heavy atom. The van der Waals surface area contributed by atoms with Gasteiger partial charge in [-0.15, -0.1) is 0 Å². The smallest absolute Gasteiger partial charge is 0.408 e. The molecule has 7 nitrogen and oxygen atoms in total. The summed E-state index contributed by atoms with van der Waals surface area (Å²) in [5.41, 5.74) is 0. The van der Waals surface area contributed by atoms with Gasteiger partial charge in [0.15, 0.2) is 0 Å². The van der Waals surface area contributed by atoms with Crippen molar-refractivity contribution in [1.29, 1.82) is 0 Å². The molecule has 0 aliphatic heterocycles. The molecule has 0 rings (SSSR count). The molecule has 0 fully saturated rings. The molecule has 1 amide bonds. The third kappa shape index (κ3) is 35.8. The molecule has 2 atom stereocenters. The predicted molar refractivity (Wildman–Crippen MR) is 205 cm³/mol. The van der Waals surface area contributed by atoms with Crippen molar-refractivity contribution in [1.82, 2.24) is 5.32 Å². The summed E-state index contributed by atoms with van der Waals surface area (Å²) in [5, 5.41) is 20.7. The molecule has 7 heteroatoms. The first-order chi connectivity index (χ1) is 23.9. The summed E-state index contributed by atoms with van der Waals surface area (Å²) in [7, 11) is 0. The molecular formula is C42H81NO6. The zero-order valence-corrected chi connectivity index (χ0v) is 32.4. The number of hydrogen-bond acceptors (Lipinski definition) is 4. The van der Waals surface area contributed by atoms with Crippen molar-refractivity contribution in [2.75, 3.05) is 0 Å². The molecule has 0 aliphatic carbocycles. The van der Waals surface area contributed by atoms with Crippen LogP contribution in [0.25, 0.3) is 0 Å². The molecule has 0 bridgehead atoms. The lowest BCUT2D eigenvalue weighted by molar-refractivity contribution is -0.140. The highest BCUT2D eigenvalue weighted by Crippen LogP contribution is 2.19. The molecule has 0 radical (unpaired) electrons. The largest absolute Gasteiger partial charge is 0.481 e. The average molecular weight is 696 g/mol. The number of nitrogens with one attached hydrogen (secondary N) is 1. The number of amides is 1. The second-order valence-corrected chi connectivity index (χ2v) is 14.8. The fourth-order valence-corrected chi connectivity index (χ4v) is 6.78. The van der Waals surface area contributed by atoms with Crippen molar-refractivity contribution in [3.8, 4) is 0 Å². The zero-order valence-electron chi connectivity index (χ0n) is 32.4.